The van der Waals surface area contributed by atoms with Crippen molar-refractivity contribution >= 4 is 21.9 Å². The quantitative estimate of drug-likeness (QED) is 0.0961. The Hall–Kier alpha value is -3.63. The van der Waals surface area contributed by atoms with Crippen molar-refractivity contribution in [3.63, 3.8) is 0 Å². The average Bonchev–Trinajstić information content (AvgIpc) is 3.38. The number of ether oxygens (including phenoxy) is 1. The van der Waals surface area contributed by atoms with Crippen LogP contribution in [0.4, 0.5) is 0 Å². The van der Waals surface area contributed by atoms with Crippen molar-refractivity contribution in [3.8, 4) is 11.1 Å². The van der Waals surface area contributed by atoms with Gasteiger partial charge in [0.25, 0.3) is 0 Å². The Kier molecular flexibility index (Phi) is 10.1. The van der Waals surface area contributed by atoms with E-state index in [-0.39, 0.29) is 11.7 Å². The van der Waals surface area contributed by atoms with Crippen molar-refractivity contribution in [2.75, 3.05) is 6.61 Å². The molecule has 5 aromatic rings. The van der Waals surface area contributed by atoms with Gasteiger partial charge < -0.3 is 13.6 Å². The molecule has 0 aliphatic carbocycles. The molecule has 0 N–H and O–H groups in total. The summed E-state index contributed by atoms with van der Waals surface area (Å²) in [6.45, 7) is 4.86. The fourth-order valence-corrected chi connectivity index (χ4v) is 5.80. The van der Waals surface area contributed by atoms with Gasteiger partial charge in [-0.15, -0.1) is 0 Å². The third-order valence-electron chi connectivity index (χ3n) is 7.98. The van der Waals surface area contributed by atoms with E-state index in [1.165, 1.54) is 51.4 Å². The van der Waals surface area contributed by atoms with Crippen molar-refractivity contribution in [2.24, 2.45) is 0 Å². The molecule has 2 heterocycles. The zero-order chi connectivity index (χ0) is 28.4. The molecule has 3 aromatic carbocycles. The van der Waals surface area contributed by atoms with Crippen molar-refractivity contribution in [3.05, 3.63) is 106 Å². The third kappa shape index (κ3) is 7.00. The van der Waals surface area contributed by atoms with E-state index in [0.717, 1.165) is 51.6 Å². The summed E-state index contributed by atoms with van der Waals surface area (Å²) in [6, 6.07) is 26.0. The highest BCUT2D eigenvalue weighted by molar-refractivity contribution is 6.11. The molecule has 1 atom stereocenters. The Morgan fingerprint density at radius 3 is 2.05 bits per heavy atom. The van der Waals surface area contributed by atoms with E-state index in [4.69, 9.17) is 13.6 Å². The van der Waals surface area contributed by atoms with E-state index in [9.17, 15) is 4.79 Å². The van der Waals surface area contributed by atoms with Crippen LogP contribution in [0, 0.1) is 6.92 Å². The lowest BCUT2D eigenvalue weighted by Crippen LogP contribution is -2.08. The number of furan rings is 1. The van der Waals surface area contributed by atoms with E-state index in [1.54, 1.807) is 6.07 Å². The Balaban J connectivity index is 1.43. The van der Waals surface area contributed by atoms with E-state index >= 15 is 0 Å². The summed E-state index contributed by atoms with van der Waals surface area (Å²) in [7, 11) is 0. The molecule has 4 nitrogen and oxygen atoms in total. The highest BCUT2D eigenvalue weighted by Crippen LogP contribution is 2.44. The molecule has 4 heteroatoms. The Labute approximate surface area is 243 Å². The zero-order valence-corrected chi connectivity index (χ0v) is 24.5. The van der Waals surface area contributed by atoms with Gasteiger partial charge in [-0.05, 0) is 42.2 Å². The molecule has 214 valence electrons. The maximum Gasteiger partial charge on any atom is 0.336 e. The van der Waals surface area contributed by atoms with Crippen molar-refractivity contribution in [1.82, 2.24) is 0 Å². The minimum Gasteiger partial charge on any atom is -0.457 e. The van der Waals surface area contributed by atoms with Gasteiger partial charge in [-0.25, -0.2) is 4.79 Å². The number of aryl methyl sites for hydroxylation is 1. The van der Waals surface area contributed by atoms with E-state index in [1.807, 2.05) is 55.5 Å². The van der Waals surface area contributed by atoms with E-state index in [2.05, 4.69) is 31.2 Å². The molecule has 0 saturated heterocycles. The molecule has 5 rings (SSSR count). The molecule has 0 fully saturated rings. The fraction of sp³-hybridized carbons (Fsp3) is 0.378. The van der Waals surface area contributed by atoms with Gasteiger partial charge in [0.2, 0.25) is 0 Å². The monoisotopic (exact) mass is 550 g/mol. The zero-order valence-electron chi connectivity index (χ0n) is 24.5. The van der Waals surface area contributed by atoms with Crippen LogP contribution >= 0.6 is 0 Å². The van der Waals surface area contributed by atoms with Crippen molar-refractivity contribution in [1.29, 1.82) is 0 Å². The smallest absolute Gasteiger partial charge is 0.336 e. The second kappa shape index (κ2) is 14.3. The molecule has 2 aromatic heterocycles. The van der Waals surface area contributed by atoms with Crippen LogP contribution in [-0.4, -0.2) is 6.61 Å². The standard InChI is InChI=1S/C37H42O4/c1-3-4-5-6-7-8-9-10-11-18-25-39-35(29-21-16-13-17-22-29)37-33(28-19-14-12-15-20-28)34-31(40-37)24-23-30-27(2)26-32(38)41-36(30)34/h12-17,19-24,26,35H,3-11,18,25H2,1-2H3. The molecule has 0 aliphatic rings. The highest BCUT2D eigenvalue weighted by Gasteiger charge is 2.28. The number of hydrogen-bond donors (Lipinski definition) is 0. The van der Waals surface area contributed by atoms with Crippen LogP contribution in [0.3, 0.4) is 0 Å². The van der Waals surface area contributed by atoms with Gasteiger partial charge in [0, 0.05) is 23.6 Å². The first-order valence-electron chi connectivity index (χ1n) is 15.4. The summed E-state index contributed by atoms with van der Waals surface area (Å²) in [5, 5.41) is 1.72. The van der Waals surface area contributed by atoms with Crippen molar-refractivity contribution < 1.29 is 13.6 Å². The van der Waals surface area contributed by atoms with E-state index in [0.29, 0.717) is 17.8 Å². The lowest BCUT2D eigenvalue weighted by atomic mass is 9.95. The fourth-order valence-electron chi connectivity index (χ4n) is 5.80. The van der Waals surface area contributed by atoms with Gasteiger partial charge in [-0.2, -0.15) is 0 Å². The lowest BCUT2D eigenvalue weighted by molar-refractivity contribution is 0.0638. The Morgan fingerprint density at radius 2 is 1.37 bits per heavy atom. The lowest BCUT2D eigenvalue weighted by Gasteiger charge is -2.18. The summed E-state index contributed by atoms with van der Waals surface area (Å²) in [6.07, 6.45) is 12.4. The second-order valence-electron chi connectivity index (χ2n) is 11.1. The molecule has 0 amide bonds. The predicted molar refractivity (Wildman–Crippen MR) is 169 cm³/mol. The van der Waals surface area contributed by atoms with Crippen LogP contribution in [0.2, 0.25) is 0 Å². The molecular weight excluding hydrogens is 508 g/mol. The summed E-state index contributed by atoms with van der Waals surface area (Å²) in [5.41, 5.74) is 4.72. The molecule has 0 spiro atoms. The highest BCUT2D eigenvalue weighted by atomic mass is 16.5. The molecule has 1 unspecified atom stereocenters. The summed E-state index contributed by atoms with van der Waals surface area (Å²) < 4.78 is 19.1. The predicted octanol–water partition coefficient (Wildman–Crippen LogP) is 10.5. The maximum absolute atomic E-state index is 12.5. The third-order valence-corrected chi connectivity index (χ3v) is 7.98. The largest absolute Gasteiger partial charge is 0.457 e. The summed E-state index contributed by atoms with van der Waals surface area (Å²) >= 11 is 0. The van der Waals surface area contributed by atoms with Gasteiger partial charge in [0.15, 0.2) is 0 Å². The van der Waals surface area contributed by atoms with Gasteiger partial charge in [0.05, 0.1) is 5.39 Å². The first-order valence-corrected chi connectivity index (χ1v) is 15.4. The summed E-state index contributed by atoms with van der Waals surface area (Å²) in [4.78, 5) is 12.5. The minimum atomic E-state index is -0.385. The van der Waals surface area contributed by atoms with Gasteiger partial charge in [0.1, 0.15) is 23.0 Å². The topological polar surface area (TPSA) is 52.6 Å². The van der Waals surface area contributed by atoms with Crippen LogP contribution in [0.5, 0.6) is 0 Å². The van der Waals surface area contributed by atoms with Crippen LogP contribution in [-0.2, 0) is 4.74 Å². The number of benzene rings is 3. The first-order chi connectivity index (χ1) is 20.2. The van der Waals surface area contributed by atoms with Gasteiger partial charge >= 0.3 is 5.63 Å². The van der Waals surface area contributed by atoms with Crippen LogP contribution in [0.15, 0.2) is 92.5 Å². The molecule has 0 bridgehead atoms. The first kappa shape index (κ1) is 28.9. The molecule has 0 saturated carbocycles. The molecule has 0 radical (unpaired) electrons. The number of hydrogen-bond acceptors (Lipinski definition) is 4. The normalized spacial score (nSPS) is 12.3. The molecule has 0 aliphatic heterocycles. The Morgan fingerprint density at radius 1 is 0.732 bits per heavy atom. The maximum atomic E-state index is 12.5. The summed E-state index contributed by atoms with van der Waals surface area (Å²) in [5.74, 6) is 0.737. The number of rotatable bonds is 15. The number of unbranched alkanes of at least 4 members (excludes halogenated alkanes) is 9. The van der Waals surface area contributed by atoms with Crippen molar-refractivity contribution in [2.45, 2.75) is 84.2 Å². The second-order valence-corrected chi connectivity index (χ2v) is 11.1. The van der Waals surface area contributed by atoms with E-state index < -0.39 is 0 Å². The molecular formula is C37H42O4. The van der Waals surface area contributed by atoms with Crippen LogP contribution in [0.1, 0.15) is 94.1 Å². The SMILES string of the molecule is CCCCCCCCCCCCOC(c1ccccc1)c1oc2ccc3c(C)cc(=O)oc3c2c1-c1ccccc1. The number of fused-ring (bicyclic) bond motifs is 3. The Bertz CT molecular complexity index is 1580. The van der Waals surface area contributed by atoms with Gasteiger partial charge in [-0.1, -0.05) is 125 Å². The van der Waals surface area contributed by atoms with Gasteiger partial charge in [-0.3, -0.25) is 0 Å². The van der Waals surface area contributed by atoms with Crippen LogP contribution < -0.4 is 5.63 Å². The van der Waals surface area contributed by atoms with Crippen LogP contribution in [0.25, 0.3) is 33.1 Å². The minimum absolute atomic E-state index is 0.360. The molecule has 41 heavy (non-hydrogen) atoms. The average molecular weight is 551 g/mol.